The van der Waals surface area contributed by atoms with E-state index < -0.39 is 28.9 Å². The van der Waals surface area contributed by atoms with E-state index in [4.69, 9.17) is 28.9 Å². The first-order chi connectivity index (χ1) is 31.7. The summed E-state index contributed by atoms with van der Waals surface area (Å²) in [5, 5.41) is 0.911. The van der Waals surface area contributed by atoms with Gasteiger partial charge in [0.15, 0.2) is 5.82 Å². The van der Waals surface area contributed by atoms with Gasteiger partial charge in [-0.3, -0.25) is 9.88 Å². The minimum Gasteiger partial charge on any atom is -0.497 e. The van der Waals surface area contributed by atoms with Gasteiger partial charge < -0.3 is 33.6 Å². The second-order valence-electron chi connectivity index (χ2n) is 18.7. The van der Waals surface area contributed by atoms with Crippen LogP contribution < -0.4 is 24.0 Å². The second-order valence-corrected chi connectivity index (χ2v) is 18.7. The summed E-state index contributed by atoms with van der Waals surface area (Å²) in [7, 11) is 5.06. The maximum atomic E-state index is 17.7. The number of methoxy groups -OCH3 is 2. The largest absolute Gasteiger partial charge is 0.497 e. The normalized spacial score (nSPS) is 18.6. The number of halogens is 3. The molecule has 0 saturated carbocycles. The number of benzene rings is 3. The number of likely N-dealkylation sites (tertiary alicyclic amines) is 1. The zero-order chi connectivity index (χ0) is 46.3. The minimum absolute atomic E-state index is 0.00239. The molecule has 0 N–H and O–H groups in total. The van der Waals surface area contributed by atoms with E-state index in [9.17, 15) is 9.18 Å². The van der Waals surface area contributed by atoms with Gasteiger partial charge in [-0.2, -0.15) is 9.97 Å². The van der Waals surface area contributed by atoms with Crippen molar-refractivity contribution in [3.8, 4) is 28.9 Å². The lowest BCUT2D eigenvalue weighted by molar-refractivity contribution is 0.000171. The number of hydrogen-bond donors (Lipinski definition) is 0. The molecule has 9 rings (SSSR count). The monoisotopic (exact) mass is 904 g/mol. The van der Waals surface area contributed by atoms with Crippen molar-refractivity contribution < 1.29 is 36.9 Å². The topological polar surface area (TPSA) is 119 Å². The van der Waals surface area contributed by atoms with Crippen LogP contribution in [0.25, 0.3) is 33.1 Å². The van der Waals surface area contributed by atoms with Gasteiger partial charge in [-0.15, -0.1) is 0 Å². The van der Waals surface area contributed by atoms with Crippen LogP contribution in [-0.4, -0.2) is 114 Å². The Hall–Kier alpha value is -6.42. The molecule has 3 aromatic carbocycles. The molecular formula is C50H55F3N8O5. The van der Waals surface area contributed by atoms with E-state index in [0.29, 0.717) is 79.6 Å². The highest BCUT2D eigenvalue weighted by atomic mass is 19.1. The Bertz CT molecular complexity index is 2680. The van der Waals surface area contributed by atoms with E-state index in [0.717, 1.165) is 30.5 Å². The number of carbonyl (C=O) groups excluding carboxylic acids is 1. The van der Waals surface area contributed by atoms with Crippen LogP contribution in [-0.2, 0) is 17.8 Å². The van der Waals surface area contributed by atoms with Gasteiger partial charge in [0.1, 0.15) is 64.2 Å². The number of amides is 1. The number of nitrogens with zero attached hydrogens (tertiary/aromatic N) is 8. The molecule has 66 heavy (non-hydrogen) atoms. The Labute approximate surface area is 382 Å². The number of fused-ring (bicyclic) bond motifs is 3. The van der Waals surface area contributed by atoms with E-state index in [2.05, 4.69) is 14.9 Å². The number of aromatic nitrogens is 4. The number of rotatable bonds is 14. The van der Waals surface area contributed by atoms with E-state index in [1.54, 1.807) is 37.3 Å². The smallest absolute Gasteiger partial charge is 0.410 e. The minimum atomic E-state index is -0.969. The molecule has 3 aliphatic rings. The Morgan fingerprint density at radius 1 is 0.894 bits per heavy atom. The zero-order valence-electron chi connectivity index (χ0n) is 38.2. The molecule has 16 heteroatoms. The molecule has 3 saturated heterocycles. The number of anilines is 2. The van der Waals surface area contributed by atoms with Crippen LogP contribution in [0.5, 0.6) is 17.5 Å². The predicted octanol–water partition coefficient (Wildman–Crippen LogP) is 9.00. The van der Waals surface area contributed by atoms with Gasteiger partial charge in [0, 0.05) is 70.2 Å². The molecule has 2 atom stereocenters. The van der Waals surface area contributed by atoms with E-state index in [1.807, 2.05) is 86.1 Å². The van der Waals surface area contributed by atoms with Gasteiger partial charge in [-0.25, -0.2) is 22.9 Å². The SMILES string of the molecule is COc1ccc(CN(Cc2ccc(OC)cc2)c2cc3cccc(F)c3c(-c3ncc4c(N(C)CC5CN(C(=O)OC(C)(C)C)C5)nc(OC[C@@]56CCCN5C[C@H](F)C6)nc4c3F)n2)cc1. The van der Waals surface area contributed by atoms with Crippen LogP contribution in [0.1, 0.15) is 51.2 Å². The number of alkyl halides is 1. The third kappa shape index (κ3) is 9.20. The van der Waals surface area contributed by atoms with Gasteiger partial charge in [0.25, 0.3) is 0 Å². The average Bonchev–Trinajstić information content (AvgIpc) is 3.81. The quantitative estimate of drug-likeness (QED) is 0.104. The summed E-state index contributed by atoms with van der Waals surface area (Å²) in [6, 6.07) is 21.8. The summed E-state index contributed by atoms with van der Waals surface area (Å²) in [5.41, 5.74) is 0.512. The van der Waals surface area contributed by atoms with Crippen LogP contribution >= 0.6 is 0 Å². The molecule has 3 aliphatic heterocycles. The summed E-state index contributed by atoms with van der Waals surface area (Å²) in [5.74, 6) is 0.911. The van der Waals surface area contributed by atoms with Crippen molar-refractivity contribution in [1.29, 1.82) is 0 Å². The lowest BCUT2D eigenvalue weighted by Crippen LogP contribution is -2.54. The fraction of sp³-hybridized carbons (Fsp3) is 0.420. The maximum Gasteiger partial charge on any atom is 0.410 e. The van der Waals surface area contributed by atoms with Crippen molar-refractivity contribution in [2.45, 2.75) is 70.4 Å². The Morgan fingerprint density at radius 2 is 1.58 bits per heavy atom. The molecule has 6 aromatic rings. The molecule has 346 valence electrons. The van der Waals surface area contributed by atoms with Crippen molar-refractivity contribution >= 4 is 39.4 Å². The summed E-state index contributed by atoms with van der Waals surface area (Å²) in [4.78, 5) is 39.6. The zero-order valence-corrected chi connectivity index (χ0v) is 38.2. The van der Waals surface area contributed by atoms with Crippen LogP contribution in [0.2, 0.25) is 0 Å². The molecule has 3 fully saturated rings. The molecule has 0 aliphatic carbocycles. The fourth-order valence-corrected chi connectivity index (χ4v) is 9.53. The fourth-order valence-electron chi connectivity index (χ4n) is 9.53. The van der Waals surface area contributed by atoms with Crippen molar-refractivity contribution in [3.63, 3.8) is 0 Å². The average molecular weight is 905 g/mol. The molecule has 0 spiro atoms. The molecular weight excluding hydrogens is 850 g/mol. The molecule has 0 unspecified atom stereocenters. The van der Waals surface area contributed by atoms with Gasteiger partial charge in [0.2, 0.25) is 0 Å². The molecule has 6 heterocycles. The van der Waals surface area contributed by atoms with Crippen LogP contribution in [0.4, 0.5) is 29.6 Å². The van der Waals surface area contributed by atoms with Gasteiger partial charge >= 0.3 is 12.1 Å². The van der Waals surface area contributed by atoms with E-state index in [-0.39, 0.29) is 46.9 Å². The van der Waals surface area contributed by atoms with Crippen molar-refractivity contribution in [3.05, 3.63) is 102 Å². The number of ether oxygens (including phenoxy) is 4. The lowest BCUT2D eigenvalue weighted by Gasteiger charge is -2.41. The summed E-state index contributed by atoms with van der Waals surface area (Å²) in [6.07, 6.45) is 2.16. The molecule has 0 bridgehead atoms. The number of carbonyl (C=O) groups is 1. The van der Waals surface area contributed by atoms with Gasteiger partial charge in [-0.05, 0) is 93.1 Å². The Kier molecular flexibility index (Phi) is 12.3. The summed E-state index contributed by atoms with van der Waals surface area (Å²) >= 11 is 0. The molecule has 0 radical (unpaired) electrons. The molecule has 13 nitrogen and oxygen atoms in total. The first-order valence-corrected chi connectivity index (χ1v) is 22.4. The lowest BCUT2D eigenvalue weighted by atomic mass is 9.95. The van der Waals surface area contributed by atoms with E-state index >= 15 is 8.78 Å². The van der Waals surface area contributed by atoms with Crippen LogP contribution in [0.15, 0.2) is 79.0 Å². The first kappa shape index (κ1) is 44.8. The highest BCUT2D eigenvalue weighted by molar-refractivity contribution is 5.99. The summed E-state index contributed by atoms with van der Waals surface area (Å²) in [6.45, 7) is 8.95. The van der Waals surface area contributed by atoms with Crippen LogP contribution in [0.3, 0.4) is 0 Å². The van der Waals surface area contributed by atoms with Crippen molar-refractivity contribution in [2.75, 3.05) is 70.4 Å². The molecule has 3 aromatic heterocycles. The Morgan fingerprint density at radius 3 is 2.23 bits per heavy atom. The number of hydrogen-bond acceptors (Lipinski definition) is 12. The number of pyridine rings is 2. The second kappa shape index (κ2) is 18.1. The van der Waals surface area contributed by atoms with Crippen molar-refractivity contribution in [2.24, 2.45) is 5.92 Å². The first-order valence-electron chi connectivity index (χ1n) is 22.4. The summed E-state index contributed by atoms with van der Waals surface area (Å²) < 4.78 is 71.4. The van der Waals surface area contributed by atoms with Gasteiger partial charge in [-0.1, -0.05) is 36.4 Å². The third-order valence-electron chi connectivity index (χ3n) is 12.8. The maximum absolute atomic E-state index is 17.7. The predicted molar refractivity (Wildman–Crippen MR) is 247 cm³/mol. The van der Waals surface area contributed by atoms with Crippen LogP contribution in [0, 0.1) is 17.6 Å². The third-order valence-corrected chi connectivity index (χ3v) is 12.8. The van der Waals surface area contributed by atoms with Crippen molar-refractivity contribution in [1.82, 2.24) is 29.7 Å². The molecule has 1 amide bonds. The Balaban J connectivity index is 1.12. The highest BCUT2D eigenvalue weighted by Gasteiger charge is 2.49. The standard InChI is InChI=1S/C50H55F3N8O5/c1-49(2,3)66-48(62)60-27-33(28-60)24-58(4)46-38-23-54-45(42(53)43(38)56-47(57-46)65-30-50-19-8-20-61(50)29-35(51)22-50)44-41-34(9-7-10-39(41)52)21-40(55-44)59(25-31-11-15-36(63-5)16-12-31)26-32-13-17-37(64-6)18-14-32/h7,9-18,21,23,33,35H,8,19-20,22,24-30H2,1-6H3/t35-,50+/m1/s1. The highest BCUT2D eigenvalue weighted by Crippen LogP contribution is 2.41. The van der Waals surface area contributed by atoms with Gasteiger partial charge in [0.05, 0.1) is 25.1 Å². The van der Waals surface area contributed by atoms with E-state index in [1.165, 1.54) is 12.3 Å².